The smallest absolute Gasteiger partial charge is 0.143 e. The van der Waals surface area contributed by atoms with Gasteiger partial charge < -0.3 is 4.42 Å². The van der Waals surface area contributed by atoms with E-state index < -0.39 is 0 Å². The molecule has 2 aliphatic rings. The minimum Gasteiger partial charge on any atom is -0.455 e. The number of hydrogen-bond acceptors (Lipinski definition) is 1. The first kappa shape index (κ1) is 56.6. The number of furan rings is 1. The lowest BCUT2D eigenvalue weighted by atomic mass is 9.81. The molecule has 1 aromatic heterocycles. The van der Waals surface area contributed by atoms with Crippen LogP contribution < -0.4 is 0 Å². The van der Waals surface area contributed by atoms with Crippen LogP contribution in [0.5, 0.6) is 0 Å². The van der Waals surface area contributed by atoms with E-state index in [1.807, 2.05) is 6.07 Å². The molecule has 0 radical (unpaired) electrons. The molecular formula is C96H66O. The molecule has 1 nitrogen and oxygen atoms in total. The summed E-state index contributed by atoms with van der Waals surface area (Å²) < 4.78 is 6.58. The van der Waals surface area contributed by atoms with Crippen molar-refractivity contribution in [3.8, 4) is 89.0 Å². The van der Waals surface area contributed by atoms with Crippen LogP contribution in [0.1, 0.15) is 49.9 Å². The Morgan fingerprint density at radius 3 is 0.990 bits per heavy atom. The van der Waals surface area contributed by atoms with Crippen molar-refractivity contribution in [2.24, 2.45) is 0 Å². The second-order valence-corrected chi connectivity index (χ2v) is 27.7. The fourth-order valence-electron chi connectivity index (χ4n) is 16.9. The van der Waals surface area contributed by atoms with Gasteiger partial charge in [-0.25, -0.2) is 0 Å². The molecule has 2 aliphatic carbocycles. The second kappa shape index (κ2) is 21.8. The number of hydrogen-bond donors (Lipinski definition) is 0. The highest BCUT2D eigenvalue weighted by molar-refractivity contribution is 6.25. The van der Waals surface area contributed by atoms with Crippen LogP contribution in [0, 0.1) is 0 Å². The molecule has 1 heterocycles. The van der Waals surface area contributed by atoms with Crippen molar-refractivity contribution in [1.82, 2.24) is 0 Å². The molecule has 0 saturated carbocycles. The average molecular weight is 1240 g/mol. The molecule has 0 atom stereocenters. The molecule has 0 fully saturated rings. The SMILES string of the molecule is CC1(C)c2ccc(-c3c4ccccc4c(-c4cccc5c4oc4ccccc45)c4ccccc34)cc2-c2cc3ccccc3cc21.CC1(C)c2ccc(-c3ccc(-c4c5ccccc5c(-c5ccc(-c6ccccc6)cc5)c5ccccc45)cc3)cc2-c2cc3ccccc3cc21. The molecule has 456 valence electrons. The zero-order valence-corrected chi connectivity index (χ0v) is 54.6. The normalized spacial score (nSPS) is 13.3. The van der Waals surface area contributed by atoms with Gasteiger partial charge >= 0.3 is 0 Å². The van der Waals surface area contributed by atoms with E-state index >= 15 is 0 Å². The first-order valence-corrected chi connectivity index (χ1v) is 34.0. The third-order valence-electron chi connectivity index (χ3n) is 21.7. The second-order valence-electron chi connectivity index (χ2n) is 27.7. The fraction of sp³-hybridized carbons (Fsp3) is 0.0625. The van der Waals surface area contributed by atoms with Crippen LogP contribution in [0.3, 0.4) is 0 Å². The number of fused-ring (bicyclic) bond motifs is 15. The maximum Gasteiger partial charge on any atom is 0.143 e. The van der Waals surface area contributed by atoms with Crippen LogP contribution in [-0.4, -0.2) is 0 Å². The third kappa shape index (κ3) is 8.85. The van der Waals surface area contributed by atoms with Crippen LogP contribution in [0.25, 0.3) is 176 Å². The van der Waals surface area contributed by atoms with E-state index in [4.69, 9.17) is 4.42 Å². The quantitative estimate of drug-likeness (QED) is 0.151. The Balaban J connectivity index is 0.000000137. The molecule has 0 spiro atoms. The van der Waals surface area contributed by atoms with E-state index in [1.54, 1.807) is 0 Å². The van der Waals surface area contributed by atoms with Crippen LogP contribution in [0.4, 0.5) is 0 Å². The van der Waals surface area contributed by atoms with Gasteiger partial charge in [0.2, 0.25) is 0 Å². The summed E-state index contributed by atoms with van der Waals surface area (Å²) in [5.41, 5.74) is 27.7. The van der Waals surface area contributed by atoms with Gasteiger partial charge in [-0.15, -0.1) is 0 Å². The van der Waals surface area contributed by atoms with Gasteiger partial charge in [-0.3, -0.25) is 0 Å². The molecule has 0 bridgehead atoms. The number of benzene rings is 17. The Hall–Kier alpha value is -11.9. The van der Waals surface area contributed by atoms with Crippen molar-refractivity contribution in [3.63, 3.8) is 0 Å². The Morgan fingerprint density at radius 1 is 0.196 bits per heavy atom. The lowest BCUT2D eigenvalue weighted by Crippen LogP contribution is -2.14. The standard InChI is InChI=1S/C51H36.C45H30O/c1-51(2)47-29-28-40(31-45(47)46-30-38-14-6-7-15-39(38)32-48(46)51)35-22-26-37(27-23-35)50-43-18-10-8-16-41(43)49(42-17-9-11-19-44(42)50)36-24-20-34(21-25-36)33-12-4-3-5-13-33;1-45(2)39-23-22-29(25-37(39)38-24-27-12-3-4-13-28(27)26-40(38)45)42-31-15-5-7-17-33(31)43(34-18-8-6-16-32(34)42)36-20-11-19-35-30-14-9-10-21-41(30)46-44(35)36/h3-32H,1-2H3;3-26H,1-2H3. The summed E-state index contributed by atoms with van der Waals surface area (Å²) in [6.07, 6.45) is 0. The molecule has 20 rings (SSSR count). The van der Waals surface area contributed by atoms with E-state index in [-0.39, 0.29) is 10.8 Å². The Labute approximate surface area is 564 Å². The van der Waals surface area contributed by atoms with Crippen LogP contribution in [-0.2, 0) is 10.8 Å². The first-order valence-electron chi connectivity index (χ1n) is 34.0. The Morgan fingerprint density at radius 2 is 0.515 bits per heavy atom. The van der Waals surface area contributed by atoms with E-state index in [0.717, 1.165) is 27.5 Å². The summed E-state index contributed by atoms with van der Waals surface area (Å²) in [5, 5.41) is 17.6. The molecule has 0 amide bonds. The van der Waals surface area contributed by atoms with E-state index in [2.05, 4.69) is 349 Å². The third-order valence-corrected chi connectivity index (χ3v) is 21.7. The molecular weight excluding hydrogens is 1170 g/mol. The average Bonchev–Trinajstić information content (AvgIpc) is 1.54. The molecule has 1 heteroatoms. The van der Waals surface area contributed by atoms with Gasteiger partial charge in [0.15, 0.2) is 0 Å². The number of rotatable bonds is 6. The van der Waals surface area contributed by atoms with Crippen molar-refractivity contribution in [1.29, 1.82) is 0 Å². The van der Waals surface area contributed by atoms with Crippen LogP contribution in [0.15, 0.2) is 332 Å². The van der Waals surface area contributed by atoms with E-state index in [1.165, 1.54) is 170 Å². The topological polar surface area (TPSA) is 13.1 Å². The minimum atomic E-state index is -0.0630. The minimum absolute atomic E-state index is 0.0324. The zero-order valence-electron chi connectivity index (χ0n) is 54.6. The van der Waals surface area contributed by atoms with Crippen molar-refractivity contribution >= 4 is 86.6 Å². The van der Waals surface area contributed by atoms with Gasteiger partial charge in [0.05, 0.1) is 0 Å². The summed E-state index contributed by atoms with van der Waals surface area (Å²) in [6, 6.07) is 121. The van der Waals surface area contributed by atoms with Gasteiger partial charge in [-0.2, -0.15) is 0 Å². The van der Waals surface area contributed by atoms with Crippen molar-refractivity contribution < 1.29 is 4.42 Å². The fourth-order valence-corrected chi connectivity index (χ4v) is 16.9. The van der Waals surface area contributed by atoms with Gasteiger partial charge in [-0.05, 0) is 207 Å². The largest absolute Gasteiger partial charge is 0.455 e. The summed E-state index contributed by atoms with van der Waals surface area (Å²) in [6.45, 7) is 9.45. The van der Waals surface area contributed by atoms with Gasteiger partial charge in [0.1, 0.15) is 11.2 Å². The van der Waals surface area contributed by atoms with Gasteiger partial charge in [0.25, 0.3) is 0 Å². The molecule has 0 unspecified atom stereocenters. The summed E-state index contributed by atoms with van der Waals surface area (Å²) in [5.74, 6) is 0. The summed E-state index contributed by atoms with van der Waals surface area (Å²) >= 11 is 0. The van der Waals surface area contributed by atoms with Crippen LogP contribution in [0.2, 0.25) is 0 Å². The summed E-state index contributed by atoms with van der Waals surface area (Å²) in [4.78, 5) is 0. The van der Waals surface area contributed by atoms with E-state index in [0.29, 0.717) is 0 Å². The maximum atomic E-state index is 6.58. The zero-order chi connectivity index (χ0) is 64.7. The molecule has 0 N–H and O–H groups in total. The predicted octanol–water partition coefficient (Wildman–Crippen LogP) is 26.8. The Bertz CT molecular complexity index is 6160. The highest BCUT2D eigenvalue weighted by Crippen LogP contribution is 2.55. The Kier molecular flexibility index (Phi) is 12.7. The lowest BCUT2D eigenvalue weighted by molar-refractivity contribution is 0.661. The monoisotopic (exact) mass is 1230 g/mol. The predicted molar refractivity (Wildman–Crippen MR) is 413 cm³/mol. The first-order chi connectivity index (χ1) is 47.6. The van der Waals surface area contributed by atoms with Crippen molar-refractivity contribution in [2.45, 2.75) is 38.5 Å². The number of para-hydroxylation sites is 2. The molecule has 17 aromatic carbocycles. The van der Waals surface area contributed by atoms with E-state index in [9.17, 15) is 0 Å². The molecule has 18 aromatic rings. The molecule has 0 saturated heterocycles. The van der Waals surface area contributed by atoms with Gasteiger partial charge in [-0.1, -0.05) is 313 Å². The van der Waals surface area contributed by atoms with Gasteiger partial charge in [0, 0.05) is 32.7 Å². The lowest BCUT2D eigenvalue weighted by Gasteiger charge is -2.22. The van der Waals surface area contributed by atoms with Crippen molar-refractivity contribution in [2.75, 3.05) is 0 Å². The highest BCUT2D eigenvalue weighted by Gasteiger charge is 2.38. The van der Waals surface area contributed by atoms with Crippen molar-refractivity contribution in [3.05, 3.63) is 350 Å². The van der Waals surface area contributed by atoms with Crippen LogP contribution >= 0.6 is 0 Å². The highest BCUT2D eigenvalue weighted by atomic mass is 16.3. The molecule has 97 heavy (non-hydrogen) atoms. The summed E-state index contributed by atoms with van der Waals surface area (Å²) in [7, 11) is 0. The maximum absolute atomic E-state index is 6.58. The molecule has 0 aliphatic heterocycles.